The van der Waals surface area contributed by atoms with Gasteiger partial charge in [-0.1, -0.05) is 26.8 Å². The summed E-state index contributed by atoms with van der Waals surface area (Å²) in [6.45, 7) is 13.5. The van der Waals surface area contributed by atoms with Crippen LogP contribution in [0.5, 0.6) is 5.75 Å². The van der Waals surface area contributed by atoms with Crippen molar-refractivity contribution in [1.82, 2.24) is 0 Å². The third-order valence-corrected chi connectivity index (χ3v) is 8.39. The van der Waals surface area contributed by atoms with Gasteiger partial charge >= 0.3 is 0 Å². The molecule has 0 aliphatic carbocycles. The lowest BCUT2D eigenvalue weighted by Gasteiger charge is -2.36. The summed E-state index contributed by atoms with van der Waals surface area (Å²) in [6.07, 6.45) is 0. The van der Waals surface area contributed by atoms with Crippen molar-refractivity contribution in [2.45, 2.75) is 38.9 Å². The summed E-state index contributed by atoms with van der Waals surface area (Å²) in [7, 11) is -1.66. The lowest BCUT2D eigenvalue weighted by atomic mass is 10.2. The van der Waals surface area contributed by atoms with Crippen LogP contribution in [0.3, 0.4) is 0 Å². The van der Waals surface area contributed by atoms with Gasteiger partial charge < -0.3 is 19.6 Å². The molecule has 21 heavy (non-hydrogen) atoms. The Bertz CT molecular complexity index is 430. The predicted molar refractivity (Wildman–Crippen MR) is 90.3 cm³/mol. The molecule has 0 spiro atoms. The molecule has 0 radical (unpaired) electrons. The minimum Gasteiger partial charge on any atom is -0.491 e. The molecule has 0 fully saturated rings. The fraction of sp³-hybridized carbons (Fsp3) is 0.625. The number of nitrogen functional groups attached to an aromatic ring is 1. The van der Waals surface area contributed by atoms with Crippen molar-refractivity contribution in [2.24, 2.45) is 0 Å². The third kappa shape index (κ3) is 6.50. The van der Waals surface area contributed by atoms with Crippen LogP contribution >= 0.6 is 0 Å². The average Bonchev–Trinajstić information content (AvgIpc) is 2.36. The lowest BCUT2D eigenvalue weighted by Crippen LogP contribution is -2.41. The Morgan fingerprint density at radius 1 is 1.05 bits per heavy atom. The molecule has 0 saturated carbocycles. The minimum absolute atomic E-state index is 0.239. The van der Waals surface area contributed by atoms with E-state index in [1.165, 1.54) is 0 Å². The molecule has 2 N–H and O–H groups in total. The molecule has 0 unspecified atom stereocenters. The maximum atomic E-state index is 6.03. The zero-order chi connectivity index (χ0) is 15.9. The SMILES string of the molecule is CC(C)(C)[Si](C)(C)OCCOCCOc1cccc(N)c1. The first-order chi connectivity index (χ1) is 9.72. The van der Waals surface area contributed by atoms with Crippen molar-refractivity contribution in [1.29, 1.82) is 0 Å². The largest absolute Gasteiger partial charge is 0.491 e. The highest BCUT2D eigenvalue weighted by Crippen LogP contribution is 2.36. The molecule has 1 aromatic rings. The summed E-state index contributed by atoms with van der Waals surface area (Å²) in [6, 6.07) is 7.40. The number of benzene rings is 1. The Hall–Kier alpha value is -1.04. The molecule has 0 aromatic heterocycles. The van der Waals surface area contributed by atoms with Crippen molar-refractivity contribution in [3.63, 3.8) is 0 Å². The number of nitrogens with two attached hydrogens (primary N) is 1. The molecule has 0 bridgehead atoms. The van der Waals surface area contributed by atoms with Gasteiger partial charge in [-0.25, -0.2) is 0 Å². The van der Waals surface area contributed by atoms with Crippen LogP contribution in [0, 0.1) is 0 Å². The predicted octanol–water partition coefficient (Wildman–Crippen LogP) is 3.69. The molecule has 1 aromatic carbocycles. The third-order valence-electron chi connectivity index (χ3n) is 3.85. The summed E-state index contributed by atoms with van der Waals surface area (Å²) >= 11 is 0. The van der Waals surface area contributed by atoms with Gasteiger partial charge in [0.05, 0.1) is 19.8 Å². The van der Waals surface area contributed by atoms with E-state index in [9.17, 15) is 0 Å². The van der Waals surface area contributed by atoms with Gasteiger partial charge in [0.25, 0.3) is 0 Å². The molecule has 5 heteroatoms. The fourth-order valence-electron chi connectivity index (χ4n) is 1.50. The minimum atomic E-state index is -1.66. The van der Waals surface area contributed by atoms with Gasteiger partial charge in [-0.3, -0.25) is 0 Å². The Morgan fingerprint density at radius 2 is 1.71 bits per heavy atom. The number of hydrogen-bond donors (Lipinski definition) is 1. The lowest BCUT2D eigenvalue weighted by molar-refractivity contribution is 0.0730. The Balaban J connectivity index is 2.10. The van der Waals surface area contributed by atoms with Gasteiger partial charge in [-0.2, -0.15) is 0 Å². The second-order valence-corrected chi connectivity index (χ2v) is 11.5. The van der Waals surface area contributed by atoms with Crippen LogP contribution in [0.15, 0.2) is 24.3 Å². The number of hydrogen-bond acceptors (Lipinski definition) is 4. The van der Waals surface area contributed by atoms with E-state index in [0.717, 1.165) is 5.75 Å². The number of ether oxygens (including phenoxy) is 2. The summed E-state index contributed by atoms with van der Waals surface area (Å²) in [5.74, 6) is 0.774. The van der Waals surface area contributed by atoms with Crippen LogP contribution in [0.2, 0.25) is 18.1 Å². The number of anilines is 1. The molecule has 1 rings (SSSR count). The summed E-state index contributed by atoms with van der Waals surface area (Å²) in [5, 5.41) is 0.239. The smallest absolute Gasteiger partial charge is 0.192 e. The molecule has 0 aliphatic heterocycles. The van der Waals surface area contributed by atoms with Crippen LogP contribution in [0.25, 0.3) is 0 Å². The molecule has 0 aliphatic rings. The Labute approximate surface area is 129 Å². The van der Waals surface area contributed by atoms with Crippen molar-refractivity contribution in [3.8, 4) is 5.75 Å². The maximum Gasteiger partial charge on any atom is 0.192 e. The van der Waals surface area contributed by atoms with E-state index in [4.69, 9.17) is 19.6 Å². The van der Waals surface area contributed by atoms with Crippen LogP contribution < -0.4 is 10.5 Å². The van der Waals surface area contributed by atoms with Gasteiger partial charge in [0.15, 0.2) is 8.32 Å². The van der Waals surface area contributed by atoms with Gasteiger partial charge in [0.2, 0.25) is 0 Å². The molecule has 0 saturated heterocycles. The van der Waals surface area contributed by atoms with E-state index < -0.39 is 8.32 Å². The van der Waals surface area contributed by atoms with E-state index >= 15 is 0 Å². The van der Waals surface area contributed by atoms with Crippen LogP contribution in [-0.2, 0) is 9.16 Å². The normalized spacial score (nSPS) is 12.4. The van der Waals surface area contributed by atoms with Crippen LogP contribution in [-0.4, -0.2) is 34.7 Å². The number of rotatable bonds is 8. The van der Waals surface area contributed by atoms with Crippen molar-refractivity contribution in [2.75, 3.05) is 32.2 Å². The summed E-state index contributed by atoms with van der Waals surface area (Å²) in [4.78, 5) is 0. The van der Waals surface area contributed by atoms with Crippen molar-refractivity contribution < 1.29 is 13.9 Å². The van der Waals surface area contributed by atoms with E-state index in [1.807, 2.05) is 18.2 Å². The standard InChI is InChI=1S/C16H29NO3Si/c1-16(2,3)21(4,5)20-12-10-18-9-11-19-15-8-6-7-14(17)13-15/h6-8,13H,9-12,17H2,1-5H3. The van der Waals surface area contributed by atoms with Gasteiger partial charge in [-0.15, -0.1) is 0 Å². The van der Waals surface area contributed by atoms with Crippen molar-refractivity contribution in [3.05, 3.63) is 24.3 Å². The second-order valence-electron chi connectivity index (χ2n) is 6.64. The molecule has 0 heterocycles. The first-order valence-corrected chi connectivity index (χ1v) is 10.3. The molecular formula is C16H29NO3Si. The van der Waals surface area contributed by atoms with Crippen molar-refractivity contribution >= 4 is 14.0 Å². The molecule has 0 atom stereocenters. The van der Waals surface area contributed by atoms with E-state index in [0.29, 0.717) is 32.1 Å². The van der Waals surface area contributed by atoms with E-state index in [-0.39, 0.29) is 5.04 Å². The Kier molecular flexibility index (Phi) is 6.71. The highest BCUT2D eigenvalue weighted by Gasteiger charge is 2.36. The monoisotopic (exact) mass is 311 g/mol. The van der Waals surface area contributed by atoms with Gasteiger partial charge in [0, 0.05) is 11.8 Å². The zero-order valence-corrected chi connectivity index (χ0v) is 14.9. The quantitative estimate of drug-likeness (QED) is 0.452. The van der Waals surface area contributed by atoms with Gasteiger partial charge in [-0.05, 0) is 30.3 Å². The zero-order valence-electron chi connectivity index (χ0n) is 13.9. The summed E-state index contributed by atoms with van der Waals surface area (Å²) < 4.78 is 17.1. The fourth-order valence-corrected chi connectivity index (χ4v) is 2.52. The maximum absolute atomic E-state index is 6.03. The second kappa shape index (κ2) is 7.82. The first-order valence-electron chi connectivity index (χ1n) is 7.42. The van der Waals surface area contributed by atoms with Crippen LogP contribution in [0.1, 0.15) is 20.8 Å². The average molecular weight is 311 g/mol. The molecule has 0 amide bonds. The summed E-state index contributed by atoms with van der Waals surface area (Å²) in [5.41, 5.74) is 6.39. The molecule has 120 valence electrons. The van der Waals surface area contributed by atoms with Gasteiger partial charge in [0.1, 0.15) is 12.4 Å². The first kappa shape index (κ1) is 18.0. The highest BCUT2D eigenvalue weighted by molar-refractivity contribution is 6.74. The highest BCUT2D eigenvalue weighted by atomic mass is 28.4. The Morgan fingerprint density at radius 3 is 2.33 bits per heavy atom. The van der Waals surface area contributed by atoms with E-state index in [1.54, 1.807) is 6.07 Å². The van der Waals surface area contributed by atoms with Crippen LogP contribution in [0.4, 0.5) is 5.69 Å². The molecular weight excluding hydrogens is 282 g/mol. The topological polar surface area (TPSA) is 53.7 Å². The molecule has 4 nitrogen and oxygen atoms in total. The van der Waals surface area contributed by atoms with E-state index in [2.05, 4.69) is 33.9 Å².